The first-order chi connectivity index (χ1) is 15.3. The normalized spacial score (nSPS) is 27.0. The molecule has 4 rings (SSSR count). The number of methoxy groups -OCH3 is 1. The summed E-state index contributed by atoms with van der Waals surface area (Å²) in [6.07, 6.45) is 2.17. The first-order valence-corrected chi connectivity index (χ1v) is 11.5. The lowest BCUT2D eigenvalue weighted by Crippen LogP contribution is -2.56. The number of benzene rings is 2. The minimum absolute atomic E-state index is 0.0617. The van der Waals surface area contributed by atoms with Crippen LogP contribution in [0.4, 0.5) is 10.1 Å². The standard InChI is InChI=1S/C23H23FN2O5S/c1-31-22(30)23(11-12-32-2)18-17(19(25-23)13-3-9-16(27)10-4-13)20(28)26(21(18)29)15-7-5-14(24)6-8-15/h3-10,17-19,25,27H,11-12H2,1-2H3/t17-,18+,19-,23+/m0/s1. The van der Waals surface area contributed by atoms with Crippen molar-refractivity contribution < 1.29 is 28.6 Å². The van der Waals surface area contributed by atoms with Crippen molar-refractivity contribution in [2.24, 2.45) is 11.8 Å². The number of phenols is 1. The van der Waals surface area contributed by atoms with Crippen molar-refractivity contribution in [3.8, 4) is 5.75 Å². The van der Waals surface area contributed by atoms with Crippen LogP contribution < -0.4 is 10.2 Å². The molecule has 2 aromatic rings. The minimum atomic E-state index is -1.40. The Labute approximate surface area is 188 Å². The number of nitrogens with zero attached hydrogens (tertiary/aromatic N) is 1. The molecule has 0 unspecified atom stereocenters. The van der Waals surface area contributed by atoms with Gasteiger partial charge in [0.1, 0.15) is 17.1 Å². The van der Waals surface area contributed by atoms with E-state index in [0.29, 0.717) is 11.3 Å². The Hall–Kier alpha value is -2.91. The number of rotatable bonds is 6. The summed E-state index contributed by atoms with van der Waals surface area (Å²) in [7, 11) is 1.26. The SMILES string of the molecule is COC(=O)[C@]1(CCSC)N[C@@H](c2ccc(O)cc2)[C@H]2C(=O)N(c3ccc(F)cc3)C(=O)[C@@H]21. The van der Waals surface area contributed by atoms with E-state index in [9.17, 15) is 23.9 Å². The number of thioether (sulfide) groups is 1. The highest BCUT2D eigenvalue weighted by molar-refractivity contribution is 7.98. The summed E-state index contributed by atoms with van der Waals surface area (Å²) in [4.78, 5) is 41.3. The third kappa shape index (κ3) is 3.45. The monoisotopic (exact) mass is 458 g/mol. The fourth-order valence-corrected chi connectivity index (χ4v) is 5.31. The summed E-state index contributed by atoms with van der Waals surface area (Å²) in [5.41, 5.74) is -0.481. The molecule has 2 N–H and O–H groups in total. The van der Waals surface area contributed by atoms with Crippen molar-refractivity contribution in [3.63, 3.8) is 0 Å². The van der Waals surface area contributed by atoms with E-state index < -0.39 is 47.0 Å². The summed E-state index contributed by atoms with van der Waals surface area (Å²) in [5, 5.41) is 13.0. The number of ether oxygens (including phenoxy) is 1. The molecule has 2 aromatic carbocycles. The molecule has 7 nitrogen and oxygen atoms in total. The predicted octanol–water partition coefficient (Wildman–Crippen LogP) is 2.65. The van der Waals surface area contributed by atoms with Gasteiger partial charge in [-0.15, -0.1) is 0 Å². The van der Waals surface area contributed by atoms with Gasteiger partial charge in [0.05, 0.1) is 24.6 Å². The molecular weight excluding hydrogens is 435 g/mol. The van der Waals surface area contributed by atoms with E-state index in [1.54, 1.807) is 12.1 Å². The quantitative estimate of drug-likeness (QED) is 0.508. The van der Waals surface area contributed by atoms with Crippen molar-refractivity contribution in [1.82, 2.24) is 5.32 Å². The molecule has 9 heteroatoms. The molecule has 0 bridgehead atoms. The largest absolute Gasteiger partial charge is 0.508 e. The summed E-state index contributed by atoms with van der Waals surface area (Å²) in [6.45, 7) is 0. The molecule has 2 aliphatic rings. The Kier molecular flexibility index (Phi) is 5.96. The average Bonchev–Trinajstić information content (AvgIpc) is 3.27. The van der Waals surface area contributed by atoms with Gasteiger partial charge in [0, 0.05) is 6.04 Å². The number of imide groups is 1. The zero-order chi connectivity index (χ0) is 23.0. The molecule has 0 aromatic heterocycles. The number of aromatic hydroxyl groups is 1. The maximum Gasteiger partial charge on any atom is 0.326 e. The molecule has 2 fully saturated rings. The Morgan fingerprint density at radius 3 is 2.41 bits per heavy atom. The first-order valence-electron chi connectivity index (χ1n) is 10.1. The van der Waals surface area contributed by atoms with Crippen LogP contribution in [0.5, 0.6) is 5.75 Å². The van der Waals surface area contributed by atoms with Gasteiger partial charge in [-0.1, -0.05) is 12.1 Å². The number of halogens is 1. The van der Waals surface area contributed by atoms with Gasteiger partial charge in [-0.2, -0.15) is 11.8 Å². The van der Waals surface area contributed by atoms with Crippen molar-refractivity contribution in [3.05, 3.63) is 59.9 Å². The second-order valence-electron chi connectivity index (χ2n) is 7.91. The third-order valence-electron chi connectivity index (χ3n) is 6.24. The number of carbonyl (C=O) groups excluding carboxylic acids is 3. The topological polar surface area (TPSA) is 95.9 Å². The minimum Gasteiger partial charge on any atom is -0.508 e. The van der Waals surface area contributed by atoms with Crippen molar-refractivity contribution in [2.75, 3.05) is 24.0 Å². The van der Waals surface area contributed by atoms with Gasteiger partial charge in [0.15, 0.2) is 0 Å². The van der Waals surface area contributed by atoms with E-state index in [0.717, 1.165) is 4.90 Å². The highest BCUT2D eigenvalue weighted by Gasteiger charge is 2.68. The molecule has 0 spiro atoms. The number of fused-ring (bicyclic) bond motifs is 1. The van der Waals surface area contributed by atoms with Crippen molar-refractivity contribution in [2.45, 2.75) is 18.0 Å². The molecule has 168 valence electrons. The van der Waals surface area contributed by atoms with Crippen LogP contribution in [0.25, 0.3) is 0 Å². The van der Waals surface area contributed by atoms with Gasteiger partial charge >= 0.3 is 5.97 Å². The van der Waals surface area contributed by atoms with E-state index in [-0.39, 0.29) is 17.9 Å². The highest BCUT2D eigenvalue weighted by atomic mass is 32.2. The highest BCUT2D eigenvalue weighted by Crippen LogP contribution is 2.51. The fraction of sp³-hybridized carbons (Fsp3) is 0.348. The van der Waals surface area contributed by atoms with Crippen LogP contribution in [0.15, 0.2) is 48.5 Å². The number of amides is 2. The molecule has 2 amide bonds. The Bertz CT molecular complexity index is 1050. The van der Waals surface area contributed by atoms with Gasteiger partial charge in [-0.05, 0) is 60.4 Å². The van der Waals surface area contributed by atoms with Gasteiger partial charge < -0.3 is 9.84 Å². The van der Waals surface area contributed by atoms with Crippen LogP contribution in [0.2, 0.25) is 0 Å². The number of hydrogen-bond donors (Lipinski definition) is 2. The maximum atomic E-state index is 13.6. The number of anilines is 1. The number of hydrogen-bond acceptors (Lipinski definition) is 7. The van der Waals surface area contributed by atoms with Crippen molar-refractivity contribution in [1.29, 1.82) is 0 Å². The molecular formula is C23H23FN2O5S. The second kappa shape index (κ2) is 8.55. The zero-order valence-electron chi connectivity index (χ0n) is 17.6. The molecule has 2 heterocycles. The van der Waals surface area contributed by atoms with Gasteiger partial charge in [0.2, 0.25) is 11.8 Å². The predicted molar refractivity (Wildman–Crippen MR) is 118 cm³/mol. The van der Waals surface area contributed by atoms with E-state index in [1.165, 1.54) is 55.3 Å². The van der Waals surface area contributed by atoms with E-state index >= 15 is 0 Å². The molecule has 2 aliphatic heterocycles. The van der Waals surface area contributed by atoms with Gasteiger partial charge in [-0.25, -0.2) is 9.29 Å². The smallest absolute Gasteiger partial charge is 0.326 e. The maximum absolute atomic E-state index is 13.6. The Morgan fingerprint density at radius 2 is 1.81 bits per heavy atom. The lowest BCUT2D eigenvalue weighted by atomic mass is 9.78. The van der Waals surface area contributed by atoms with E-state index in [2.05, 4.69) is 5.32 Å². The Balaban J connectivity index is 1.85. The third-order valence-corrected chi connectivity index (χ3v) is 6.85. The number of nitrogens with one attached hydrogen (secondary N) is 1. The van der Waals surface area contributed by atoms with Crippen LogP contribution in [0.1, 0.15) is 18.0 Å². The van der Waals surface area contributed by atoms with Crippen molar-refractivity contribution >= 4 is 35.2 Å². The summed E-state index contributed by atoms with van der Waals surface area (Å²) in [6, 6.07) is 10.8. The van der Waals surface area contributed by atoms with Crippen LogP contribution in [-0.2, 0) is 19.1 Å². The van der Waals surface area contributed by atoms with Crippen LogP contribution in [0.3, 0.4) is 0 Å². The number of esters is 1. The summed E-state index contributed by atoms with van der Waals surface area (Å²) >= 11 is 1.52. The molecule has 2 saturated heterocycles. The second-order valence-corrected chi connectivity index (χ2v) is 8.90. The molecule has 32 heavy (non-hydrogen) atoms. The van der Waals surface area contributed by atoms with E-state index in [4.69, 9.17) is 4.74 Å². The van der Waals surface area contributed by atoms with Crippen LogP contribution in [0, 0.1) is 17.7 Å². The lowest BCUT2D eigenvalue weighted by molar-refractivity contribution is -0.152. The first kappa shape index (κ1) is 22.3. The molecule has 0 radical (unpaired) electrons. The summed E-state index contributed by atoms with van der Waals surface area (Å²) in [5.74, 6) is -3.31. The van der Waals surface area contributed by atoms with E-state index in [1.807, 2.05) is 6.26 Å². The van der Waals surface area contributed by atoms with Gasteiger partial charge in [0.25, 0.3) is 0 Å². The Morgan fingerprint density at radius 1 is 1.16 bits per heavy atom. The summed E-state index contributed by atoms with van der Waals surface area (Å²) < 4.78 is 18.6. The average molecular weight is 459 g/mol. The zero-order valence-corrected chi connectivity index (χ0v) is 18.4. The fourth-order valence-electron chi connectivity index (χ4n) is 4.78. The number of carbonyl (C=O) groups is 3. The molecule has 0 saturated carbocycles. The molecule has 0 aliphatic carbocycles. The van der Waals surface area contributed by atoms with Crippen LogP contribution >= 0.6 is 11.8 Å². The lowest BCUT2D eigenvalue weighted by Gasteiger charge is -2.32. The van der Waals surface area contributed by atoms with Crippen LogP contribution in [-0.4, -0.2) is 47.5 Å². The molecule has 4 atom stereocenters. The number of phenolic OH excluding ortho intramolecular Hbond substituents is 1. The van der Waals surface area contributed by atoms with Gasteiger partial charge in [-0.3, -0.25) is 19.7 Å².